The molecule has 2 rings (SSSR count). The highest BCUT2D eigenvalue weighted by Gasteiger charge is 2.13. The number of nitrogens with one attached hydrogen (secondary N) is 1. The third-order valence-corrected chi connectivity index (χ3v) is 4.19. The van der Waals surface area contributed by atoms with E-state index in [1.807, 2.05) is 0 Å². The molecule has 1 amide bonds. The second-order valence-electron chi connectivity index (χ2n) is 4.95. The number of amides is 1. The van der Waals surface area contributed by atoms with Gasteiger partial charge >= 0.3 is 5.97 Å². The van der Waals surface area contributed by atoms with Gasteiger partial charge in [-0.3, -0.25) is 9.59 Å². The molecule has 0 saturated carbocycles. The fraction of sp³-hybridized carbons (Fsp3) is 0.118. The molecule has 26 heavy (non-hydrogen) atoms. The first-order chi connectivity index (χ1) is 12.3. The van der Waals surface area contributed by atoms with Crippen LogP contribution in [0, 0.1) is 0 Å². The normalized spacial score (nSPS) is 10.7. The second kappa shape index (κ2) is 9.02. The molecular formula is C17H13BrCl2N2O4. The lowest BCUT2D eigenvalue weighted by Crippen LogP contribution is -2.18. The zero-order valence-corrected chi connectivity index (χ0v) is 16.8. The van der Waals surface area contributed by atoms with E-state index in [1.165, 1.54) is 32.4 Å². The first kappa shape index (κ1) is 20.2. The molecule has 0 atom stereocenters. The molecule has 0 unspecified atom stereocenters. The highest BCUT2D eigenvalue weighted by molar-refractivity contribution is 9.10. The summed E-state index contributed by atoms with van der Waals surface area (Å²) in [6.45, 7) is 1.29. The highest BCUT2D eigenvalue weighted by atomic mass is 79.9. The van der Waals surface area contributed by atoms with Gasteiger partial charge in [0.25, 0.3) is 5.91 Å². The number of hydrazone groups is 1. The predicted molar refractivity (Wildman–Crippen MR) is 104 cm³/mol. The highest BCUT2D eigenvalue weighted by Crippen LogP contribution is 2.36. The fourth-order valence-corrected chi connectivity index (χ4v) is 2.99. The van der Waals surface area contributed by atoms with E-state index < -0.39 is 11.9 Å². The third-order valence-electron chi connectivity index (χ3n) is 3.05. The minimum Gasteiger partial charge on any atom is -0.493 e. The van der Waals surface area contributed by atoms with Gasteiger partial charge in [0.1, 0.15) is 0 Å². The van der Waals surface area contributed by atoms with E-state index in [1.54, 1.807) is 18.2 Å². The summed E-state index contributed by atoms with van der Waals surface area (Å²) in [4.78, 5) is 23.2. The van der Waals surface area contributed by atoms with E-state index in [9.17, 15) is 9.59 Å². The van der Waals surface area contributed by atoms with Gasteiger partial charge in [0.2, 0.25) is 0 Å². The minimum atomic E-state index is -0.481. The van der Waals surface area contributed by atoms with Crippen LogP contribution >= 0.6 is 39.1 Å². The van der Waals surface area contributed by atoms with Crippen LogP contribution in [0.3, 0.4) is 0 Å². The van der Waals surface area contributed by atoms with Crippen molar-refractivity contribution in [3.8, 4) is 11.5 Å². The van der Waals surface area contributed by atoms with E-state index in [2.05, 4.69) is 26.5 Å². The number of benzene rings is 2. The lowest BCUT2D eigenvalue weighted by atomic mass is 10.2. The average molecular weight is 460 g/mol. The van der Waals surface area contributed by atoms with Crippen molar-refractivity contribution >= 4 is 57.2 Å². The Kier molecular flexibility index (Phi) is 7.02. The number of carbonyl (C=O) groups excluding carboxylic acids is 2. The smallest absolute Gasteiger partial charge is 0.308 e. The van der Waals surface area contributed by atoms with Gasteiger partial charge < -0.3 is 9.47 Å². The molecule has 0 heterocycles. The van der Waals surface area contributed by atoms with Crippen molar-refractivity contribution in [1.82, 2.24) is 5.43 Å². The van der Waals surface area contributed by atoms with E-state index in [0.29, 0.717) is 20.8 Å². The Hall–Kier alpha value is -2.09. The quantitative estimate of drug-likeness (QED) is 0.310. The number of methoxy groups -OCH3 is 1. The summed E-state index contributed by atoms with van der Waals surface area (Å²) in [6, 6.07) is 7.79. The summed E-state index contributed by atoms with van der Waals surface area (Å²) in [6.07, 6.45) is 1.41. The molecule has 0 saturated heterocycles. The molecular weight excluding hydrogens is 447 g/mol. The van der Waals surface area contributed by atoms with Gasteiger partial charge in [0, 0.05) is 11.9 Å². The van der Waals surface area contributed by atoms with Gasteiger partial charge in [-0.2, -0.15) is 5.10 Å². The van der Waals surface area contributed by atoms with Crippen molar-refractivity contribution in [2.75, 3.05) is 7.11 Å². The van der Waals surface area contributed by atoms with Crippen molar-refractivity contribution in [2.45, 2.75) is 6.92 Å². The molecule has 9 heteroatoms. The number of carbonyl (C=O) groups is 2. The molecule has 2 aromatic carbocycles. The predicted octanol–water partition coefficient (Wildman–Crippen LogP) is 4.45. The van der Waals surface area contributed by atoms with Gasteiger partial charge in [-0.25, -0.2) is 5.43 Å². The first-order valence-corrected chi connectivity index (χ1v) is 8.71. The van der Waals surface area contributed by atoms with Crippen molar-refractivity contribution < 1.29 is 19.1 Å². The molecule has 0 fully saturated rings. The summed E-state index contributed by atoms with van der Waals surface area (Å²) in [5.74, 6) is -0.361. The van der Waals surface area contributed by atoms with Gasteiger partial charge in [-0.05, 0) is 51.8 Å². The Balaban J connectivity index is 2.16. The maximum Gasteiger partial charge on any atom is 0.308 e. The Bertz CT molecular complexity index is 887. The monoisotopic (exact) mass is 458 g/mol. The first-order valence-electron chi connectivity index (χ1n) is 7.16. The number of rotatable bonds is 5. The van der Waals surface area contributed by atoms with Crippen LogP contribution in [0.1, 0.15) is 22.8 Å². The van der Waals surface area contributed by atoms with E-state index in [0.717, 1.165) is 0 Å². The summed E-state index contributed by atoms with van der Waals surface area (Å²) < 4.78 is 10.8. The molecule has 0 radical (unpaired) electrons. The zero-order valence-electron chi connectivity index (χ0n) is 13.7. The van der Waals surface area contributed by atoms with Gasteiger partial charge in [0.15, 0.2) is 11.5 Å². The zero-order chi connectivity index (χ0) is 19.3. The number of hydrogen-bond acceptors (Lipinski definition) is 5. The summed E-state index contributed by atoms with van der Waals surface area (Å²) in [5.41, 5.74) is 3.22. The third kappa shape index (κ3) is 5.20. The molecule has 2 aromatic rings. The number of esters is 1. The average Bonchev–Trinajstić information content (AvgIpc) is 2.56. The SMILES string of the molecule is COc1cc(/C=N\NC(=O)c2ccc(Cl)cc2Cl)cc(Br)c1OC(C)=O. The Morgan fingerprint density at radius 2 is 1.96 bits per heavy atom. The van der Waals surface area contributed by atoms with Gasteiger partial charge in [0.05, 0.1) is 28.4 Å². The molecule has 0 aliphatic rings. The standard InChI is InChI=1S/C17H13BrCl2N2O4/c1-9(23)26-16-13(18)5-10(6-15(16)25-2)8-21-22-17(24)12-4-3-11(19)7-14(12)20/h3-8H,1-2H3,(H,22,24)/b21-8-. The number of halogens is 3. The second-order valence-corrected chi connectivity index (χ2v) is 6.65. The molecule has 0 spiro atoms. The Morgan fingerprint density at radius 1 is 1.23 bits per heavy atom. The van der Waals surface area contributed by atoms with Crippen molar-refractivity contribution in [3.05, 3.63) is 56.0 Å². The van der Waals surface area contributed by atoms with Crippen LogP contribution in [0.5, 0.6) is 11.5 Å². The summed E-state index contributed by atoms with van der Waals surface area (Å²) in [7, 11) is 1.44. The summed E-state index contributed by atoms with van der Waals surface area (Å²) >= 11 is 15.1. The van der Waals surface area contributed by atoms with Crippen LogP contribution in [0.4, 0.5) is 0 Å². The molecule has 0 aliphatic carbocycles. The lowest BCUT2D eigenvalue weighted by Gasteiger charge is -2.10. The van der Waals surface area contributed by atoms with Crippen molar-refractivity contribution in [3.63, 3.8) is 0 Å². The van der Waals surface area contributed by atoms with Crippen LogP contribution in [0.2, 0.25) is 10.0 Å². The van der Waals surface area contributed by atoms with Crippen molar-refractivity contribution in [1.29, 1.82) is 0 Å². The Morgan fingerprint density at radius 3 is 2.58 bits per heavy atom. The number of ether oxygens (including phenoxy) is 2. The van der Waals surface area contributed by atoms with Crippen LogP contribution < -0.4 is 14.9 Å². The molecule has 0 bridgehead atoms. The van der Waals surface area contributed by atoms with Crippen LogP contribution in [0.25, 0.3) is 0 Å². The van der Waals surface area contributed by atoms with Crippen molar-refractivity contribution in [2.24, 2.45) is 5.10 Å². The maximum atomic E-state index is 12.1. The van der Waals surface area contributed by atoms with E-state index in [4.69, 9.17) is 32.7 Å². The number of nitrogens with zero attached hydrogens (tertiary/aromatic N) is 1. The van der Waals surface area contributed by atoms with Gasteiger partial charge in [-0.1, -0.05) is 23.2 Å². The lowest BCUT2D eigenvalue weighted by molar-refractivity contribution is -0.132. The molecule has 1 N–H and O–H groups in total. The van der Waals surface area contributed by atoms with E-state index >= 15 is 0 Å². The molecule has 6 nitrogen and oxygen atoms in total. The fourth-order valence-electron chi connectivity index (χ4n) is 1.96. The van der Waals surface area contributed by atoms with Crippen LogP contribution in [-0.2, 0) is 4.79 Å². The number of hydrogen-bond donors (Lipinski definition) is 1. The molecule has 0 aliphatic heterocycles. The molecule has 0 aromatic heterocycles. The largest absolute Gasteiger partial charge is 0.493 e. The maximum absolute atomic E-state index is 12.1. The topological polar surface area (TPSA) is 77.0 Å². The van der Waals surface area contributed by atoms with E-state index in [-0.39, 0.29) is 16.3 Å². The van der Waals surface area contributed by atoms with Gasteiger partial charge in [-0.15, -0.1) is 0 Å². The van der Waals surface area contributed by atoms with Crippen LogP contribution in [0.15, 0.2) is 39.9 Å². The Labute approximate surface area is 168 Å². The molecule has 136 valence electrons. The van der Waals surface area contributed by atoms with Crippen LogP contribution in [-0.4, -0.2) is 25.2 Å². The summed E-state index contributed by atoms with van der Waals surface area (Å²) in [5, 5.41) is 4.54. The minimum absolute atomic E-state index is 0.223.